The molecule has 1 amide bonds. The second kappa shape index (κ2) is 8.78. The number of aliphatic imine (C=N–C) groups is 1. The molecule has 0 rings (SSSR count). The lowest BCUT2D eigenvalue weighted by atomic mass is 9.82. The van der Waals surface area contributed by atoms with E-state index in [2.05, 4.69) is 24.2 Å². The van der Waals surface area contributed by atoms with Gasteiger partial charge < -0.3 is 16.8 Å². The highest BCUT2D eigenvalue weighted by Crippen LogP contribution is 2.27. The van der Waals surface area contributed by atoms with E-state index >= 15 is 0 Å². The predicted molar refractivity (Wildman–Crippen MR) is 76.2 cm³/mol. The quantitative estimate of drug-likeness (QED) is 0.330. The lowest BCUT2D eigenvalue weighted by molar-refractivity contribution is -0.130. The van der Waals surface area contributed by atoms with Crippen molar-refractivity contribution in [3.63, 3.8) is 0 Å². The number of unbranched alkanes of at least 4 members (excludes halogenated alkanes) is 1. The predicted octanol–water partition coefficient (Wildman–Crippen LogP) is 1.37. The first kappa shape index (κ1) is 16.7. The molecule has 0 heterocycles. The summed E-state index contributed by atoms with van der Waals surface area (Å²) < 4.78 is 0. The van der Waals surface area contributed by atoms with Crippen LogP contribution in [-0.4, -0.2) is 25.0 Å². The molecule has 5 N–H and O–H groups in total. The average molecular weight is 256 g/mol. The number of guanidine groups is 1. The second-order valence-corrected chi connectivity index (χ2v) is 4.93. The van der Waals surface area contributed by atoms with Gasteiger partial charge in [-0.05, 0) is 25.7 Å². The van der Waals surface area contributed by atoms with E-state index < -0.39 is 0 Å². The first-order chi connectivity index (χ1) is 8.46. The molecule has 0 bridgehead atoms. The number of rotatable bonds is 9. The summed E-state index contributed by atoms with van der Waals surface area (Å²) in [5, 5.41) is 3.00. The summed E-state index contributed by atoms with van der Waals surface area (Å²) >= 11 is 0. The first-order valence-corrected chi connectivity index (χ1v) is 6.80. The lowest BCUT2D eigenvalue weighted by Gasteiger charge is -2.26. The van der Waals surface area contributed by atoms with Crippen molar-refractivity contribution in [1.29, 1.82) is 0 Å². The van der Waals surface area contributed by atoms with Gasteiger partial charge in [0.25, 0.3) is 0 Å². The Balaban J connectivity index is 3.85. The normalized spacial score (nSPS) is 13.7. The van der Waals surface area contributed by atoms with Gasteiger partial charge in [-0.2, -0.15) is 0 Å². The van der Waals surface area contributed by atoms with Crippen LogP contribution in [0.25, 0.3) is 0 Å². The summed E-state index contributed by atoms with van der Waals surface area (Å²) in [6.07, 6.45) is 4.62. The van der Waals surface area contributed by atoms with Crippen molar-refractivity contribution < 1.29 is 4.79 Å². The number of nitrogens with one attached hydrogen (secondary N) is 1. The molecule has 0 fully saturated rings. The van der Waals surface area contributed by atoms with Gasteiger partial charge in [0.1, 0.15) is 0 Å². The fourth-order valence-electron chi connectivity index (χ4n) is 1.86. The molecular weight excluding hydrogens is 228 g/mol. The van der Waals surface area contributed by atoms with Gasteiger partial charge in [-0.25, -0.2) is 0 Å². The summed E-state index contributed by atoms with van der Waals surface area (Å²) in [7, 11) is 0. The zero-order chi connectivity index (χ0) is 14.0. The van der Waals surface area contributed by atoms with E-state index in [-0.39, 0.29) is 17.3 Å². The van der Waals surface area contributed by atoms with E-state index in [1.807, 2.05) is 6.92 Å². The number of nitrogens with zero attached hydrogens (tertiary/aromatic N) is 1. The van der Waals surface area contributed by atoms with Gasteiger partial charge in [-0.1, -0.05) is 27.2 Å². The summed E-state index contributed by atoms with van der Waals surface area (Å²) in [6.45, 7) is 7.52. The third-order valence-corrected chi connectivity index (χ3v) is 3.30. The highest BCUT2D eigenvalue weighted by molar-refractivity contribution is 5.82. The van der Waals surface area contributed by atoms with Crippen LogP contribution in [0.3, 0.4) is 0 Å². The molecule has 0 aromatic carbocycles. The third kappa shape index (κ3) is 6.47. The van der Waals surface area contributed by atoms with Crippen molar-refractivity contribution in [3.8, 4) is 0 Å². The van der Waals surface area contributed by atoms with Gasteiger partial charge in [0, 0.05) is 18.5 Å². The fourth-order valence-corrected chi connectivity index (χ4v) is 1.86. The number of amides is 1. The Morgan fingerprint density at radius 1 is 1.28 bits per heavy atom. The van der Waals surface area contributed by atoms with Crippen molar-refractivity contribution in [3.05, 3.63) is 0 Å². The molecule has 1 atom stereocenters. The maximum absolute atomic E-state index is 12.0. The van der Waals surface area contributed by atoms with Crippen LogP contribution in [0.15, 0.2) is 4.99 Å². The minimum absolute atomic E-state index is 0.125. The zero-order valence-electron chi connectivity index (χ0n) is 12.0. The Kier molecular flexibility index (Phi) is 8.16. The van der Waals surface area contributed by atoms with E-state index in [9.17, 15) is 4.79 Å². The molecule has 0 radical (unpaired) electrons. The number of hydrogen-bond acceptors (Lipinski definition) is 2. The van der Waals surface area contributed by atoms with Crippen LogP contribution in [0.5, 0.6) is 0 Å². The topological polar surface area (TPSA) is 93.5 Å². The van der Waals surface area contributed by atoms with Crippen molar-refractivity contribution >= 4 is 11.9 Å². The molecule has 106 valence electrons. The Morgan fingerprint density at radius 3 is 2.44 bits per heavy atom. The Labute approximate surface area is 110 Å². The highest BCUT2D eigenvalue weighted by Gasteiger charge is 2.29. The molecular formula is C13H28N4O. The van der Waals surface area contributed by atoms with Gasteiger partial charge in [0.15, 0.2) is 5.96 Å². The molecule has 0 saturated carbocycles. The molecule has 0 aromatic rings. The van der Waals surface area contributed by atoms with Gasteiger partial charge in [-0.15, -0.1) is 0 Å². The standard InChI is InChI=1S/C13H28N4O/c1-4-8-13(3,5-2)11(18)16-9-6-7-10-17-12(14)15/h4-10H2,1-3H3,(H,16,18)(H4,14,15,17). The molecule has 0 saturated heterocycles. The maximum atomic E-state index is 12.0. The number of hydrogen-bond donors (Lipinski definition) is 3. The van der Waals surface area contributed by atoms with Crippen molar-refractivity contribution in [2.75, 3.05) is 13.1 Å². The van der Waals surface area contributed by atoms with Crippen LogP contribution in [0.4, 0.5) is 0 Å². The van der Waals surface area contributed by atoms with E-state index in [0.29, 0.717) is 13.1 Å². The number of carbonyl (C=O) groups excluding carboxylic acids is 1. The van der Waals surface area contributed by atoms with Crippen LogP contribution >= 0.6 is 0 Å². The summed E-state index contributed by atoms with van der Waals surface area (Å²) in [5.74, 6) is 0.286. The monoisotopic (exact) mass is 256 g/mol. The largest absolute Gasteiger partial charge is 0.370 e. The van der Waals surface area contributed by atoms with Crippen LogP contribution in [0.2, 0.25) is 0 Å². The molecule has 5 nitrogen and oxygen atoms in total. The van der Waals surface area contributed by atoms with Gasteiger partial charge in [0.05, 0.1) is 0 Å². The minimum Gasteiger partial charge on any atom is -0.370 e. The number of nitrogens with two attached hydrogens (primary N) is 2. The molecule has 0 aliphatic heterocycles. The van der Waals surface area contributed by atoms with Crippen LogP contribution in [0.1, 0.15) is 52.9 Å². The van der Waals surface area contributed by atoms with Crippen molar-refractivity contribution in [2.45, 2.75) is 52.9 Å². The SMILES string of the molecule is CCCC(C)(CC)C(=O)NCCCCN=C(N)N. The lowest BCUT2D eigenvalue weighted by Crippen LogP contribution is -2.39. The van der Waals surface area contributed by atoms with Crippen LogP contribution in [-0.2, 0) is 4.79 Å². The van der Waals surface area contributed by atoms with E-state index in [1.54, 1.807) is 0 Å². The molecule has 0 aromatic heterocycles. The molecule has 1 unspecified atom stereocenters. The Bertz CT molecular complexity index is 274. The first-order valence-electron chi connectivity index (χ1n) is 6.80. The van der Waals surface area contributed by atoms with Crippen molar-refractivity contribution in [2.24, 2.45) is 21.9 Å². The van der Waals surface area contributed by atoms with E-state index in [4.69, 9.17) is 11.5 Å². The highest BCUT2D eigenvalue weighted by atomic mass is 16.2. The van der Waals surface area contributed by atoms with E-state index in [1.165, 1.54) is 0 Å². The van der Waals surface area contributed by atoms with Crippen LogP contribution in [0, 0.1) is 5.41 Å². The van der Waals surface area contributed by atoms with Crippen LogP contribution < -0.4 is 16.8 Å². The Hall–Kier alpha value is -1.26. The zero-order valence-corrected chi connectivity index (χ0v) is 12.0. The minimum atomic E-state index is -0.228. The summed E-state index contributed by atoms with van der Waals surface area (Å²) in [6, 6.07) is 0. The molecule has 0 aliphatic rings. The fraction of sp³-hybridized carbons (Fsp3) is 0.846. The average Bonchev–Trinajstić information content (AvgIpc) is 2.33. The second-order valence-electron chi connectivity index (χ2n) is 4.93. The van der Waals surface area contributed by atoms with Gasteiger partial charge in [-0.3, -0.25) is 9.79 Å². The number of carbonyl (C=O) groups is 1. The third-order valence-electron chi connectivity index (χ3n) is 3.30. The molecule has 5 heteroatoms. The molecule has 18 heavy (non-hydrogen) atoms. The summed E-state index contributed by atoms with van der Waals surface area (Å²) in [4.78, 5) is 15.9. The van der Waals surface area contributed by atoms with Gasteiger partial charge >= 0.3 is 0 Å². The summed E-state index contributed by atoms with van der Waals surface area (Å²) in [5.41, 5.74) is 10.2. The van der Waals surface area contributed by atoms with E-state index in [0.717, 1.165) is 32.1 Å². The van der Waals surface area contributed by atoms with Crippen molar-refractivity contribution in [1.82, 2.24) is 5.32 Å². The smallest absolute Gasteiger partial charge is 0.225 e. The maximum Gasteiger partial charge on any atom is 0.225 e. The molecule has 0 aliphatic carbocycles. The van der Waals surface area contributed by atoms with Gasteiger partial charge in [0.2, 0.25) is 5.91 Å². The Morgan fingerprint density at radius 2 is 1.94 bits per heavy atom. The molecule has 0 spiro atoms.